The van der Waals surface area contributed by atoms with E-state index in [1.54, 1.807) is 7.11 Å². The summed E-state index contributed by atoms with van der Waals surface area (Å²) in [6.07, 6.45) is 12.4. The number of anilines is 1. The van der Waals surface area contributed by atoms with E-state index >= 15 is 0 Å². The van der Waals surface area contributed by atoms with Crippen LogP contribution in [-0.4, -0.2) is 69.8 Å². The zero-order valence-corrected chi connectivity index (χ0v) is 25.5. The molecular weight excluding hydrogens is 528 g/mol. The maximum Gasteiger partial charge on any atom is 0.335 e. The second-order valence-electron chi connectivity index (χ2n) is 13.7. The number of nitrogens with zero attached hydrogens (tertiary/aromatic N) is 1. The van der Waals surface area contributed by atoms with Crippen molar-refractivity contribution in [1.82, 2.24) is 4.90 Å². The Labute approximate surface area is 251 Å². The molecule has 6 aliphatic rings. The van der Waals surface area contributed by atoms with Gasteiger partial charge in [-0.2, -0.15) is 0 Å². The van der Waals surface area contributed by atoms with Gasteiger partial charge < -0.3 is 24.3 Å². The number of nitrogens with one attached hydrogen (secondary N) is 1. The standard InChI is InChI=1S/C35H45N2O5/c1-34(2)14-12-22-8-7-9-25(22)31(34)37-16-15-35-27-10-5-6-11-28(27)36-29(35)26(32(38)40-4)21-24(30(35)37)20-23(13-17-39-3)33-41-18-19-42-33/h5-11,23-24,30-31,33,36H,12-21H2,1-4H3/t23?,24-,30+,31-,35+/m1/s1. The monoisotopic (exact) mass is 573 g/mol. The number of para-hydroxylation sites is 1. The number of fused-ring (bicyclic) bond motifs is 2. The highest BCUT2D eigenvalue weighted by Gasteiger charge is 2.64. The topological polar surface area (TPSA) is 69.3 Å². The minimum absolute atomic E-state index is 0.128. The minimum atomic E-state index is -0.299. The summed E-state index contributed by atoms with van der Waals surface area (Å²) in [5, 5.41) is 3.77. The fraction of sp³-hybridized carbons (Fsp3) is 0.600. The molecule has 0 bridgehead atoms. The molecule has 1 aromatic rings. The van der Waals surface area contributed by atoms with E-state index in [1.807, 2.05) is 0 Å². The normalized spacial score (nSPS) is 33.7. The predicted octanol–water partition coefficient (Wildman–Crippen LogP) is 5.25. The van der Waals surface area contributed by atoms with Crippen molar-refractivity contribution in [2.45, 2.75) is 76.2 Å². The second-order valence-corrected chi connectivity index (χ2v) is 13.7. The van der Waals surface area contributed by atoms with Crippen LogP contribution >= 0.6 is 0 Å². The van der Waals surface area contributed by atoms with Crippen molar-refractivity contribution in [3.05, 3.63) is 72.2 Å². The van der Waals surface area contributed by atoms with Gasteiger partial charge in [-0.15, -0.1) is 0 Å². The van der Waals surface area contributed by atoms with E-state index < -0.39 is 0 Å². The number of ether oxygens (including phenoxy) is 4. The quantitative estimate of drug-likeness (QED) is 0.426. The summed E-state index contributed by atoms with van der Waals surface area (Å²) in [6.45, 7) is 7.80. The summed E-state index contributed by atoms with van der Waals surface area (Å²) in [7, 11) is 3.27. The molecule has 4 fully saturated rings. The lowest BCUT2D eigenvalue weighted by molar-refractivity contribution is -0.137. The molecule has 1 spiro atoms. The summed E-state index contributed by atoms with van der Waals surface area (Å²) in [6, 6.07) is 9.23. The Hall–Kier alpha value is -1.93. The van der Waals surface area contributed by atoms with E-state index in [1.165, 1.54) is 30.9 Å². The van der Waals surface area contributed by atoms with Crippen LogP contribution in [0.25, 0.3) is 0 Å². The molecule has 3 aliphatic heterocycles. The number of rotatable bonds is 8. The van der Waals surface area contributed by atoms with Crippen molar-refractivity contribution in [1.29, 1.82) is 0 Å². The fourth-order valence-corrected chi connectivity index (χ4v) is 9.39. The molecule has 2 saturated heterocycles. The van der Waals surface area contributed by atoms with Gasteiger partial charge in [0.05, 0.1) is 31.3 Å². The molecule has 1 N–H and O–H groups in total. The summed E-state index contributed by atoms with van der Waals surface area (Å²) in [5.41, 5.74) is 4.13. The first-order valence-corrected chi connectivity index (χ1v) is 15.8. The molecule has 225 valence electrons. The van der Waals surface area contributed by atoms with E-state index in [4.69, 9.17) is 18.9 Å². The predicted molar refractivity (Wildman–Crippen MR) is 160 cm³/mol. The Kier molecular flexibility index (Phi) is 7.69. The van der Waals surface area contributed by atoms with E-state index in [-0.39, 0.29) is 41.0 Å². The zero-order chi connectivity index (χ0) is 29.1. The summed E-state index contributed by atoms with van der Waals surface area (Å²) in [4.78, 5) is 16.4. The van der Waals surface area contributed by atoms with Crippen molar-refractivity contribution in [2.75, 3.05) is 45.9 Å². The number of benzene rings is 1. The van der Waals surface area contributed by atoms with Crippen molar-refractivity contribution in [3.8, 4) is 0 Å². The minimum Gasteiger partial charge on any atom is -0.466 e. The van der Waals surface area contributed by atoms with E-state index in [0.29, 0.717) is 32.3 Å². The van der Waals surface area contributed by atoms with Crippen LogP contribution in [0.4, 0.5) is 5.69 Å². The first kappa shape index (κ1) is 28.8. The number of carbonyl (C=O) groups excluding carboxylic acids is 1. The third-order valence-electron chi connectivity index (χ3n) is 11.1. The largest absolute Gasteiger partial charge is 0.466 e. The summed E-state index contributed by atoms with van der Waals surface area (Å²) < 4.78 is 23.2. The van der Waals surface area contributed by atoms with Crippen LogP contribution in [0.3, 0.4) is 0 Å². The van der Waals surface area contributed by atoms with Crippen LogP contribution in [0, 0.1) is 48.3 Å². The third-order valence-corrected chi connectivity index (χ3v) is 11.1. The SMILES string of the molecule is COCCC(C[C@@H]1CC(C(=O)OC)=C2Nc3ccccc3[C@@]23CCN([C@@H]2[C]4[CH][CH][CH][C]4CCC2(C)C)[C@@H]13)C1OCCO1. The Balaban J connectivity index is 1.36. The smallest absolute Gasteiger partial charge is 0.335 e. The molecule has 1 aromatic carbocycles. The molecule has 3 heterocycles. The average molecular weight is 574 g/mol. The van der Waals surface area contributed by atoms with Crippen LogP contribution in [0.5, 0.6) is 0 Å². The second kappa shape index (κ2) is 11.2. The lowest BCUT2D eigenvalue weighted by Crippen LogP contribution is -2.60. The molecule has 3 aliphatic carbocycles. The maximum absolute atomic E-state index is 13.5. The van der Waals surface area contributed by atoms with Gasteiger partial charge in [0.15, 0.2) is 6.29 Å². The first-order chi connectivity index (χ1) is 20.4. The lowest BCUT2D eigenvalue weighted by atomic mass is 9.59. The number of likely N-dealkylation sites (tertiary alicyclic amines) is 1. The highest BCUT2D eigenvalue weighted by atomic mass is 16.7. The van der Waals surface area contributed by atoms with Gasteiger partial charge in [0.2, 0.25) is 0 Å². The van der Waals surface area contributed by atoms with Crippen molar-refractivity contribution in [2.24, 2.45) is 17.3 Å². The van der Waals surface area contributed by atoms with Crippen molar-refractivity contribution in [3.63, 3.8) is 0 Å². The molecule has 5 radical (unpaired) electrons. The Bertz CT molecular complexity index is 1210. The third kappa shape index (κ3) is 4.48. The summed E-state index contributed by atoms with van der Waals surface area (Å²) >= 11 is 0. The lowest BCUT2D eigenvalue weighted by Gasteiger charge is -2.55. The molecule has 0 amide bonds. The molecular formula is C35H45N2O5. The maximum atomic E-state index is 13.5. The number of esters is 1. The first-order valence-electron chi connectivity index (χ1n) is 15.8. The van der Waals surface area contributed by atoms with Crippen LogP contribution in [-0.2, 0) is 29.2 Å². The van der Waals surface area contributed by atoms with Gasteiger partial charge in [0, 0.05) is 55.6 Å². The zero-order valence-electron chi connectivity index (χ0n) is 25.5. The van der Waals surface area contributed by atoms with Crippen LogP contribution < -0.4 is 5.32 Å². The number of carbonyl (C=O) groups is 1. The van der Waals surface area contributed by atoms with Crippen molar-refractivity contribution < 1.29 is 23.7 Å². The highest BCUT2D eigenvalue weighted by Crippen LogP contribution is 2.63. The van der Waals surface area contributed by atoms with E-state index in [9.17, 15) is 4.79 Å². The fourth-order valence-electron chi connectivity index (χ4n) is 9.39. The van der Waals surface area contributed by atoms with Gasteiger partial charge in [-0.25, -0.2) is 4.79 Å². The van der Waals surface area contributed by atoms with E-state index in [2.05, 4.69) is 67.6 Å². The Morgan fingerprint density at radius 2 is 1.95 bits per heavy atom. The van der Waals surface area contributed by atoms with E-state index in [0.717, 1.165) is 49.2 Å². The molecule has 1 unspecified atom stereocenters. The molecule has 7 rings (SSSR count). The average Bonchev–Trinajstić information content (AvgIpc) is 3.80. The molecule has 2 saturated carbocycles. The van der Waals surface area contributed by atoms with Gasteiger partial charge in [-0.3, -0.25) is 4.90 Å². The number of hydrogen-bond acceptors (Lipinski definition) is 7. The Morgan fingerprint density at radius 3 is 2.74 bits per heavy atom. The van der Waals surface area contributed by atoms with Gasteiger partial charge in [0.25, 0.3) is 0 Å². The van der Waals surface area contributed by atoms with Gasteiger partial charge in [0.1, 0.15) is 0 Å². The van der Waals surface area contributed by atoms with Gasteiger partial charge in [-0.05, 0) is 86.7 Å². The summed E-state index contributed by atoms with van der Waals surface area (Å²) in [5.74, 6) is 3.16. The molecule has 5 atom stereocenters. The van der Waals surface area contributed by atoms with Crippen LogP contribution in [0.2, 0.25) is 0 Å². The number of hydrogen-bond donors (Lipinski definition) is 1. The molecule has 0 aromatic heterocycles. The Morgan fingerprint density at radius 1 is 1.14 bits per heavy atom. The van der Waals surface area contributed by atoms with Gasteiger partial charge >= 0.3 is 5.97 Å². The molecule has 42 heavy (non-hydrogen) atoms. The highest BCUT2D eigenvalue weighted by molar-refractivity contribution is 5.93. The molecule has 7 heteroatoms. The van der Waals surface area contributed by atoms with Gasteiger partial charge in [-0.1, -0.05) is 32.0 Å². The van der Waals surface area contributed by atoms with Crippen LogP contribution in [0.1, 0.15) is 57.9 Å². The van der Waals surface area contributed by atoms with Crippen molar-refractivity contribution >= 4 is 11.7 Å². The number of methoxy groups -OCH3 is 2. The van der Waals surface area contributed by atoms with Crippen LogP contribution in [0.15, 0.2) is 35.5 Å². The molecule has 7 nitrogen and oxygen atoms in total.